The third-order valence-electron chi connectivity index (χ3n) is 3.75. The average molecular weight is 418 g/mol. The molecule has 0 spiro atoms. The summed E-state index contributed by atoms with van der Waals surface area (Å²) < 4.78 is 26.1. The highest BCUT2D eigenvalue weighted by Gasteiger charge is 2.20. The van der Waals surface area contributed by atoms with Gasteiger partial charge in [0.1, 0.15) is 33.1 Å². The summed E-state index contributed by atoms with van der Waals surface area (Å²) in [5.74, 6) is -0.371. The third kappa shape index (κ3) is 5.30. The van der Waals surface area contributed by atoms with Gasteiger partial charge >= 0.3 is 5.97 Å². The van der Waals surface area contributed by atoms with Gasteiger partial charge in [0.15, 0.2) is 0 Å². The fraction of sp³-hybridized carbons (Fsp3) is 0.150. The number of aromatic carboxylic acids is 1. The van der Waals surface area contributed by atoms with Gasteiger partial charge in [0, 0.05) is 11.5 Å². The Labute approximate surface area is 169 Å². The van der Waals surface area contributed by atoms with Gasteiger partial charge in [-0.3, -0.25) is 0 Å². The number of hydrogen-bond acceptors (Lipinski definition) is 5. The zero-order valence-electron chi connectivity index (χ0n) is 14.9. The molecule has 2 aromatic carbocycles. The Hall–Kier alpha value is -2.45. The first-order valence-electron chi connectivity index (χ1n) is 8.29. The standard InChI is InChI=1S/C20H16F2N2O2S2/c1-12-23-18(27-10-13-2-6-15(21)7-3-13)17(20(25)26)19(24-12)28-11-14-4-8-16(22)9-5-14/h2-9H,10-11H2,1H3,(H,25,26). The minimum atomic E-state index is -1.11. The van der Waals surface area contributed by atoms with Crippen molar-refractivity contribution < 1.29 is 18.7 Å². The molecular formula is C20H16F2N2O2S2. The highest BCUT2D eigenvalue weighted by molar-refractivity contribution is 7.99. The zero-order valence-corrected chi connectivity index (χ0v) is 16.5. The Morgan fingerprint density at radius 3 is 1.61 bits per heavy atom. The van der Waals surface area contributed by atoms with E-state index in [1.54, 1.807) is 31.2 Å². The molecule has 0 saturated carbocycles. The van der Waals surface area contributed by atoms with Crippen molar-refractivity contribution in [3.05, 3.63) is 82.7 Å². The number of carboxylic acid groups (broad SMARTS) is 1. The maximum absolute atomic E-state index is 13.0. The van der Waals surface area contributed by atoms with Crippen LogP contribution >= 0.6 is 23.5 Å². The SMILES string of the molecule is Cc1nc(SCc2ccc(F)cc2)c(C(=O)O)c(SCc2ccc(F)cc2)n1. The number of halogens is 2. The molecule has 0 bridgehead atoms. The monoisotopic (exact) mass is 418 g/mol. The maximum Gasteiger partial charge on any atom is 0.341 e. The molecular weight excluding hydrogens is 402 g/mol. The molecule has 4 nitrogen and oxygen atoms in total. The molecule has 3 rings (SSSR count). The van der Waals surface area contributed by atoms with Crippen LogP contribution in [0.1, 0.15) is 27.3 Å². The van der Waals surface area contributed by atoms with E-state index in [0.29, 0.717) is 27.4 Å². The molecule has 144 valence electrons. The van der Waals surface area contributed by atoms with Crippen molar-refractivity contribution in [3.8, 4) is 0 Å². The van der Waals surface area contributed by atoms with Crippen molar-refractivity contribution in [2.45, 2.75) is 28.5 Å². The van der Waals surface area contributed by atoms with Crippen molar-refractivity contribution in [2.24, 2.45) is 0 Å². The van der Waals surface area contributed by atoms with Crippen LogP contribution in [-0.4, -0.2) is 21.0 Å². The van der Waals surface area contributed by atoms with Gasteiger partial charge in [0.25, 0.3) is 0 Å². The lowest BCUT2D eigenvalue weighted by atomic mass is 10.2. The van der Waals surface area contributed by atoms with E-state index < -0.39 is 5.97 Å². The number of benzene rings is 2. The quantitative estimate of drug-likeness (QED) is 0.412. The van der Waals surface area contributed by atoms with Gasteiger partial charge in [-0.05, 0) is 42.3 Å². The van der Waals surface area contributed by atoms with Crippen molar-refractivity contribution in [1.29, 1.82) is 0 Å². The lowest BCUT2D eigenvalue weighted by Gasteiger charge is -2.11. The molecule has 3 aromatic rings. The Morgan fingerprint density at radius 2 is 1.25 bits per heavy atom. The van der Waals surface area contributed by atoms with E-state index in [1.807, 2.05) is 0 Å². The summed E-state index contributed by atoms with van der Waals surface area (Å²) in [4.78, 5) is 20.4. The first-order valence-corrected chi connectivity index (χ1v) is 10.3. The van der Waals surface area contributed by atoms with Gasteiger partial charge in [-0.1, -0.05) is 24.3 Å². The number of aromatic nitrogens is 2. The van der Waals surface area contributed by atoms with Crippen LogP contribution in [0.25, 0.3) is 0 Å². The van der Waals surface area contributed by atoms with Crippen LogP contribution in [0.3, 0.4) is 0 Å². The second kappa shape index (κ2) is 9.16. The third-order valence-corrected chi connectivity index (χ3v) is 5.84. The van der Waals surface area contributed by atoms with Crippen LogP contribution in [0.15, 0.2) is 58.6 Å². The Bertz CT molecular complexity index is 910. The van der Waals surface area contributed by atoms with Crippen molar-refractivity contribution >= 4 is 29.5 Å². The Kier molecular flexibility index (Phi) is 6.64. The predicted molar refractivity (Wildman–Crippen MR) is 106 cm³/mol. The summed E-state index contributed by atoms with van der Waals surface area (Å²) in [6.07, 6.45) is 0. The molecule has 0 aliphatic rings. The van der Waals surface area contributed by atoms with Crippen LogP contribution in [0.5, 0.6) is 0 Å². The van der Waals surface area contributed by atoms with Crippen LogP contribution in [-0.2, 0) is 11.5 Å². The molecule has 0 radical (unpaired) electrons. The first kappa shape index (κ1) is 20.3. The number of carbonyl (C=O) groups is 1. The number of nitrogens with zero attached hydrogens (tertiary/aromatic N) is 2. The minimum Gasteiger partial charge on any atom is -0.477 e. The highest BCUT2D eigenvalue weighted by atomic mass is 32.2. The molecule has 0 aliphatic carbocycles. The zero-order chi connectivity index (χ0) is 20.1. The lowest BCUT2D eigenvalue weighted by Crippen LogP contribution is -2.08. The number of rotatable bonds is 7. The fourth-order valence-corrected chi connectivity index (χ4v) is 4.48. The summed E-state index contributed by atoms with van der Waals surface area (Å²) in [5, 5.41) is 10.4. The smallest absolute Gasteiger partial charge is 0.341 e. The molecule has 0 unspecified atom stereocenters. The molecule has 0 aliphatic heterocycles. The molecule has 8 heteroatoms. The fourth-order valence-electron chi connectivity index (χ4n) is 2.38. The number of thioether (sulfide) groups is 2. The maximum atomic E-state index is 13.0. The molecule has 1 aromatic heterocycles. The van der Waals surface area contributed by atoms with E-state index in [9.17, 15) is 18.7 Å². The summed E-state index contributed by atoms with van der Waals surface area (Å²) in [6.45, 7) is 1.70. The van der Waals surface area contributed by atoms with E-state index in [-0.39, 0.29) is 17.2 Å². The largest absolute Gasteiger partial charge is 0.477 e. The highest BCUT2D eigenvalue weighted by Crippen LogP contribution is 2.32. The van der Waals surface area contributed by atoms with Crippen LogP contribution < -0.4 is 0 Å². The number of hydrogen-bond donors (Lipinski definition) is 1. The van der Waals surface area contributed by atoms with Crippen LogP contribution in [0.4, 0.5) is 8.78 Å². The molecule has 0 saturated heterocycles. The number of carboxylic acids is 1. The first-order chi connectivity index (χ1) is 13.4. The minimum absolute atomic E-state index is 0.0461. The second-order valence-electron chi connectivity index (χ2n) is 5.89. The summed E-state index contributed by atoms with van der Waals surface area (Å²) >= 11 is 2.54. The van der Waals surface area contributed by atoms with Gasteiger partial charge in [-0.15, -0.1) is 23.5 Å². The molecule has 28 heavy (non-hydrogen) atoms. The van der Waals surface area contributed by atoms with Gasteiger partial charge in [-0.25, -0.2) is 23.5 Å². The van der Waals surface area contributed by atoms with Crippen LogP contribution in [0.2, 0.25) is 0 Å². The molecule has 0 fully saturated rings. The van der Waals surface area contributed by atoms with Crippen molar-refractivity contribution in [3.63, 3.8) is 0 Å². The second-order valence-corrected chi connectivity index (χ2v) is 7.82. The molecule has 1 N–H and O–H groups in total. The Morgan fingerprint density at radius 1 is 0.857 bits per heavy atom. The van der Waals surface area contributed by atoms with Gasteiger partial charge in [0.05, 0.1) is 0 Å². The lowest BCUT2D eigenvalue weighted by molar-refractivity contribution is 0.0687. The van der Waals surface area contributed by atoms with Crippen LogP contribution in [0, 0.1) is 18.6 Å². The molecule has 0 amide bonds. The van der Waals surface area contributed by atoms with Gasteiger partial charge in [-0.2, -0.15) is 0 Å². The van der Waals surface area contributed by atoms with Crippen molar-refractivity contribution in [1.82, 2.24) is 9.97 Å². The van der Waals surface area contributed by atoms with Gasteiger partial charge < -0.3 is 5.11 Å². The molecule has 0 atom stereocenters. The van der Waals surface area contributed by atoms with Crippen molar-refractivity contribution in [2.75, 3.05) is 0 Å². The number of aryl methyl sites for hydroxylation is 1. The summed E-state index contributed by atoms with van der Waals surface area (Å²) in [6, 6.07) is 12.1. The summed E-state index contributed by atoms with van der Waals surface area (Å²) in [7, 11) is 0. The predicted octanol–water partition coefficient (Wildman–Crippen LogP) is 5.35. The molecule has 1 heterocycles. The topological polar surface area (TPSA) is 63.1 Å². The van der Waals surface area contributed by atoms with Gasteiger partial charge in [0.2, 0.25) is 0 Å². The Balaban J connectivity index is 1.82. The summed E-state index contributed by atoms with van der Waals surface area (Å²) in [5.41, 5.74) is 1.77. The normalized spacial score (nSPS) is 10.8. The average Bonchev–Trinajstić information content (AvgIpc) is 2.66. The van der Waals surface area contributed by atoms with E-state index in [4.69, 9.17) is 0 Å². The van der Waals surface area contributed by atoms with E-state index in [0.717, 1.165) is 11.1 Å². The van der Waals surface area contributed by atoms with E-state index in [1.165, 1.54) is 47.8 Å². The van der Waals surface area contributed by atoms with E-state index >= 15 is 0 Å². The van der Waals surface area contributed by atoms with E-state index in [2.05, 4.69) is 9.97 Å².